The molecule has 1 aromatic heterocycles. The van der Waals surface area contributed by atoms with Crippen LogP contribution in [0, 0.1) is 5.92 Å². The topological polar surface area (TPSA) is 38.0 Å². The average Bonchev–Trinajstić information content (AvgIpc) is 2.87. The predicted molar refractivity (Wildman–Crippen MR) is 81.7 cm³/mol. The largest absolute Gasteiger partial charge is 0.271 e. The van der Waals surface area contributed by atoms with Crippen LogP contribution >= 0.6 is 11.3 Å². The van der Waals surface area contributed by atoms with Gasteiger partial charge in [0.25, 0.3) is 0 Å². The van der Waals surface area contributed by atoms with Crippen LogP contribution in [0.4, 0.5) is 0 Å². The minimum Gasteiger partial charge on any atom is -0.271 e. The smallest absolute Gasteiger partial charge is 0.0558 e. The maximum atomic E-state index is 5.78. The quantitative estimate of drug-likeness (QED) is 0.514. The second-order valence-electron chi connectivity index (χ2n) is 5.04. The van der Waals surface area contributed by atoms with Crippen LogP contribution in [0.2, 0.25) is 0 Å². The number of nitrogens with one attached hydrogen (secondary N) is 1. The zero-order chi connectivity index (χ0) is 13.4. The van der Waals surface area contributed by atoms with Crippen LogP contribution in [0.3, 0.4) is 0 Å². The van der Waals surface area contributed by atoms with Crippen molar-refractivity contribution in [2.75, 3.05) is 0 Å². The number of aryl methyl sites for hydroxylation is 1. The third-order valence-electron chi connectivity index (χ3n) is 3.79. The molecule has 0 saturated heterocycles. The number of unbranched alkanes of at least 4 members (excludes halogenated alkanes) is 1. The molecule has 0 fully saturated rings. The van der Waals surface area contributed by atoms with E-state index in [0.717, 1.165) is 12.3 Å². The second-order valence-corrected chi connectivity index (χ2v) is 5.98. The number of nitrogens with two attached hydrogens (primary N) is 1. The van der Waals surface area contributed by atoms with Crippen molar-refractivity contribution >= 4 is 11.3 Å². The van der Waals surface area contributed by atoms with Crippen molar-refractivity contribution in [3.8, 4) is 0 Å². The van der Waals surface area contributed by atoms with Crippen molar-refractivity contribution < 1.29 is 0 Å². The Bertz CT molecular complexity index is 322. The molecule has 0 saturated carbocycles. The Hall–Kier alpha value is -0.380. The summed E-state index contributed by atoms with van der Waals surface area (Å²) in [5.74, 6) is 6.57. The van der Waals surface area contributed by atoms with E-state index in [1.54, 1.807) is 0 Å². The minimum atomic E-state index is 0.335. The van der Waals surface area contributed by atoms with E-state index in [-0.39, 0.29) is 0 Å². The second kappa shape index (κ2) is 8.68. The van der Waals surface area contributed by atoms with Crippen molar-refractivity contribution in [2.24, 2.45) is 11.8 Å². The fraction of sp³-hybridized carbons (Fsp3) is 0.733. The van der Waals surface area contributed by atoms with Crippen molar-refractivity contribution in [1.29, 1.82) is 0 Å². The highest BCUT2D eigenvalue weighted by atomic mass is 32.1. The zero-order valence-electron chi connectivity index (χ0n) is 12.0. The monoisotopic (exact) mass is 268 g/mol. The zero-order valence-corrected chi connectivity index (χ0v) is 12.9. The van der Waals surface area contributed by atoms with E-state index in [1.807, 2.05) is 11.3 Å². The van der Waals surface area contributed by atoms with Gasteiger partial charge in [-0.15, -0.1) is 11.3 Å². The first-order valence-electron chi connectivity index (χ1n) is 7.29. The molecule has 18 heavy (non-hydrogen) atoms. The summed E-state index contributed by atoms with van der Waals surface area (Å²) in [6.45, 7) is 6.77. The van der Waals surface area contributed by atoms with Crippen molar-refractivity contribution in [2.45, 2.75) is 65.3 Å². The molecule has 1 rings (SSSR count). The molecule has 2 atom stereocenters. The lowest BCUT2D eigenvalue weighted by atomic mass is 9.91. The summed E-state index contributed by atoms with van der Waals surface area (Å²) in [5, 5.41) is 2.19. The minimum absolute atomic E-state index is 0.335. The highest BCUT2D eigenvalue weighted by molar-refractivity contribution is 7.10. The van der Waals surface area contributed by atoms with Gasteiger partial charge in [0.1, 0.15) is 0 Å². The molecular formula is C15H28N2S. The highest BCUT2D eigenvalue weighted by Gasteiger charge is 2.19. The lowest BCUT2D eigenvalue weighted by Gasteiger charge is -2.22. The maximum Gasteiger partial charge on any atom is 0.0558 e. The van der Waals surface area contributed by atoms with E-state index in [9.17, 15) is 0 Å². The molecule has 3 N–H and O–H groups in total. The van der Waals surface area contributed by atoms with Gasteiger partial charge in [-0.25, -0.2) is 0 Å². The first-order chi connectivity index (χ1) is 8.76. The number of hydrogen-bond acceptors (Lipinski definition) is 3. The standard InChI is InChI=1S/C15H28N2S/c1-4-7-8-12(5-2)11-14(17-16)15-13(6-3)9-10-18-15/h9-10,12,14,17H,4-8,11,16H2,1-3H3. The molecule has 0 radical (unpaired) electrons. The van der Waals surface area contributed by atoms with Crippen molar-refractivity contribution in [3.05, 3.63) is 21.9 Å². The van der Waals surface area contributed by atoms with Gasteiger partial charge in [0.15, 0.2) is 0 Å². The molecular weight excluding hydrogens is 240 g/mol. The Labute approximate surface area is 116 Å². The number of hydrogen-bond donors (Lipinski definition) is 2. The summed E-state index contributed by atoms with van der Waals surface area (Å²) in [6, 6.07) is 2.57. The van der Waals surface area contributed by atoms with Gasteiger partial charge < -0.3 is 0 Å². The first kappa shape index (κ1) is 15.7. The molecule has 3 heteroatoms. The van der Waals surface area contributed by atoms with Gasteiger partial charge in [-0.1, -0.05) is 46.5 Å². The van der Waals surface area contributed by atoms with Gasteiger partial charge in [-0.3, -0.25) is 11.3 Å². The van der Waals surface area contributed by atoms with Gasteiger partial charge in [0.2, 0.25) is 0 Å². The molecule has 1 aromatic rings. The van der Waals surface area contributed by atoms with Gasteiger partial charge >= 0.3 is 0 Å². The van der Waals surface area contributed by atoms with Crippen molar-refractivity contribution in [3.63, 3.8) is 0 Å². The number of hydrazine groups is 1. The normalized spacial score (nSPS) is 14.7. The third-order valence-corrected chi connectivity index (χ3v) is 4.86. The Balaban J connectivity index is 2.65. The van der Waals surface area contributed by atoms with Crippen LogP contribution in [0.1, 0.15) is 69.4 Å². The summed E-state index contributed by atoms with van der Waals surface area (Å²) in [7, 11) is 0. The Morgan fingerprint density at radius 3 is 2.67 bits per heavy atom. The summed E-state index contributed by atoms with van der Waals surface area (Å²) < 4.78 is 0. The van der Waals surface area contributed by atoms with Crippen LogP contribution in [0.25, 0.3) is 0 Å². The lowest BCUT2D eigenvalue weighted by Crippen LogP contribution is -2.29. The average molecular weight is 268 g/mol. The predicted octanol–water partition coefficient (Wildman–Crippen LogP) is 4.42. The van der Waals surface area contributed by atoms with E-state index in [2.05, 4.69) is 37.6 Å². The number of rotatable bonds is 9. The molecule has 2 unspecified atom stereocenters. The molecule has 0 amide bonds. The Kier molecular flexibility index (Phi) is 7.56. The molecule has 104 valence electrons. The maximum absolute atomic E-state index is 5.78. The lowest BCUT2D eigenvalue weighted by molar-refractivity contribution is 0.358. The van der Waals surface area contributed by atoms with E-state index >= 15 is 0 Å². The number of thiophene rings is 1. The molecule has 0 aliphatic rings. The summed E-state index contributed by atoms with van der Waals surface area (Å²) in [5.41, 5.74) is 4.48. The van der Waals surface area contributed by atoms with E-state index in [4.69, 9.17) is 5.84 Å². The highest BCUT2D eigenvalue weighted by Crippen LogP contribution is 2.31. The fourth-order valence-corrected chi connectivity index (χ4v) is 3.58. The molecule has 0 aromatic carbocycles. The van der Waals surface area contributed by atoms with Crippen LogP contribution in [-0.2, 0) is 6.42 Å². The summed E-state index contributed by atoms with van der Waals surface area (Å²) >= 11 is 1.84. The van der Waals surface area contributed by atoms with Crippen LogP contribution < -0.4 is 11.3 Å². The summed E-state index contributed by atoms with van der Waals surface area (Å²) in [6.07, 6.45) is 7.48. The van der Waals surface area contributed by atoms with Gasteiger partial charge in [0, 0.05) is 4.88 Å². The first-order valence-corrected chi connectivity index (χ1v) is 8.17. The summed E-state index contributed by atoms with van der Waals surface area (Å²) in [4.78, 5) is 1.44. The SMILES string of the molecule is CCCCC(CC)CC(NN)c1sccc1CC. The fourth-order valence-electron chi connectivity index (χ4n) is 2.51. The van der Waals surface area contributed by atoms with Gasteiger partial charge in [-0.2, -0.15) is 0 Å². The van der Waals surface area contributed by atoms with Crippen LogP contribution in [0.5, 0.6) is 0 Å². The molecule has 0 aliphatic carbocycles. The van der Waals surface area contributed by atoms with Crippen LogP contribution in [0.15, 0.2) is 11.4 Å². The third kappa shape index (κ3) is 4.38. The van der Waals surface area contributed by atoms with Gasteiger partial charge in [-0.05, 0) is 35.8 Å². The van der Waals surface area contributed by atoms with Crippen LogP contribution in [-0.4, -0.2) is 0 Å². The van der Waals surface area contributed by atoms with Gasteiger partial charge in [0.05, 0.1) is 6.04 Å². The van der Waals surface area contributed by atoms with E-state index in [0.29, 0.717) is 6.04 Å². The molecule has 1 heterocycles. The van der Waals surface area contributed by atoms with E-state index in [1.165, 1.54) is 42.5 Å². The molecule has 0 spiro atoms. The molecule has 2 nitrogen and oxygen atoms in total. The van der Waals surface area contributed by atoms with E-state index < -0.39 is 0 Å². The molecule has 0 aliphatic heterocycles. The Morgan fingerprint density at radius 2 is 2.11 bits per heavy atom. The van der Waals surface area contributed by atoms with Crippen molar-refractivity contribution in [1.82, 2.24) is 5.43 Å². The Morgan fingerprint density at radius 1 is 1.33 bits per heavy atom. The molecule has 0 bridgehead atoms.